The highest BCUT2D eigenvalue weighted by Gasteiger charge is 2.37. The maximum atomic E-state index is 11.3. The molecule has 0 N–H and O–H groups in total. The van der Waals surface area contributed by atoms with Crippen LogP contribution in [0.25, 0.3) is 0 Å². The van der Waals surface area contributed by atoms with Crippen LogP contribution in [0, 0.1) is 0 Å². The molecule has 0 aromatic carbocycles. The molecule has 0 bridgehead atoms. The van der Waals surface area contributed by atoms with Gasteiger partial charge in [-0.15, -0.1) is 0 Å². The molecule has 0 saturated heterocycles. The Morgan fingerprint density at radius 3 is 2.36 bits per heavy atom. The van der Waals surface area contributed by atoms with Gasteiger partial charge in [0.25, 0.3) is 0 Å². The summed E-state index contributed by atoms with van der Waals surface area (Å²) in [5.41, 5.74) is 0.188. The van der Waals surface area contributed by atoms with E-state index < -0.39 is 0 Å². The van der Waals surface area contributed by atoms with Crippen molar-refractivity contribution in [2.75, 3.05) is 7.05 Å². The Labute approximate surface area is 68.6 Å². The van der Waals surface area contributed by atoms with Crippen LogP contribution in [0.4, 0.5) is 0 Å². The molecular formula is C9H17NO. The first-order chi connectivity index (χ1) is 5.10. The lowest BCUT2D eigenvalue weighted by molar-refractivity contribution is -0.137. The number of hydrogen-bond donors (Lipinski definition) is 0. The zero-order chi connectivity index (χ0) is 8.48. The highest BCUT2D eigenvalue weighted by molar-refractivity contribution is 5.76. The predicted molar refractivity (Wildman–Crippen MR) is 45.3 cm³/mol. The summed E-state index contributed by atoms with van der Waals surface area (Å²) >= 11 is 0. The molecule has 1 rings (SSSR count). The smallest absolute Gasteiger partial charge is 0.222 e. The van der Waals surface area contributed by atoms with E-state index in [4.69, 9.17) is 0 Å². The van der Waals surface area contributed by atoms with E-state index in [1.807, 2.05) is 18.9 Å². The van der Waals surface area contributed by atoms with Crippen LogP contribution in [-0.4, -0.2) is 23.4 Å². The molecular weight excluding hydrogens is 138 g/mol. The van der Waals surface area contributed by atoms with Crippen molar-refractivity contribution in [1.82, 2.24) is 4.90 Å². The third-order valence-electron chi connectivity index (χ3n) is 2.92. The van der Waals surface area contributed by atoms with Crippen LogP contribution in [-0.2, 0) is 4.79 Å². The summed E-state index contributed by atoms with van der Waals surface area (Å²) in [5, 5.41) is 0. The minimum Gasteiger partial charge on any atom is -0.340 e. The Kier molecular flexibility index (Phi) is 2.21. The largest absolute Gasteiger partial charge is 0.340 e. The Balaban J connectivity index is 2.52. The summed E-state index contributed by atoms with van der Waals surface area (Å²) in [5.74, 6) is 0.271. The zero-order valence-corrected chi connectivity index (χ0v) is 7.68. The summed E-state index contributed by atoms with van der Waals surface area (Å²) in [4.78, 5) is 13.2. The molecule has 0 heterocycles. The first-order valence-electron chi connectivity index (χ1n) is 4.37. The number of amides is 1. The molecule has 0 spiro atoms. The van der Waals surface area contributed by atoms with Gasteiger partial charge in [-0.2, -0.15) is 0 Å². The summed E-state index contributed by atoms with van der Waals surface area (Å²) < 4.78 is 0. The molecule has 1 amide bonds. The molecule has 1 aliphatic rings. The van der Waals surface area contributed by atoms with E-state index in [9.17, 15) is 4.79 Å². The standard InChI is InChI=1S/C9H17NO/c1-4-8(11)10(3)9(2)6-5-7-9/h4-7H2,1-3H3. The van der Waals surface area contributed by atoms with Crippen LogP contribution in [0.1, 0.15) is 39.5 Å². The third-order valence-corrected chi connectivity index (χ3v) is 2.92. The number of hydrogen-bond acceptors (Lipinski definition) is 1. The highest BCUT2D eigenvalue weighted by atomic mass is 16.2. The number of nitrogens with zero attached hydrogens (tertiary/aromatic N) is 1. The van der Waals surface area contributed by atoms with Crippen LogP contribution in [0.2, 0.25) is 0 Å². The van der Waals surface area contributed by atoms with Crippen molar-refractivity contribution in [1.29, 1.82) is 0 Å². The summed E-state index contributed by atoms with van der Waals surface area (Å²) in [6, 6.07) is 0. The quantitative estimate of drug-likeness (QED) is 0.595. The predicted octanol–water partition coefficient (Wildman–Crippen LogP) is 1.80. The van der Waals surface area contributed by atoms with Crippen LogP contribution < -0.4 is 0 Å². The van der Waals surface area contributed by atoms with Gasteiger partial charge in [-0.05, 0) is 26.2 Å². The lowest BCUT2D eigenvalue weighted by Gasteiger charge is -2.46. The van der Waals surface area contributed by atoms with Crippen LogP contribution in [0.3, 0.4) is 0 Å². The summed E-state index contributed by atoms with van der Waals surface area (Å²) in [7, 11) is 1.92. The Morgan fingerprint density at radius 1 is 1.55 bits per heavy atom. The fraction of sp³-hybridized carbons (Fsp3) is 0.889. The SMILES string of the molecule is CCC(=O)N(C)C1(C)CCC1. The minimum atomic E-state index is 0.188. The average molecular weight is 155 g/mol. The Bertz CT molecular complexity index is 161. The molecule has 0 radical (unpaired) electrons. The average Bonchev–Trinajstić information content (AvgIpc) is 1.97. The molecule has 2 nitrogen and oxygen atoms in total. The van der Waals surface area contributed by atoms with Gasteiger partial charge in [0.2, 0.25) is 5.91 Å². The van der Waals surface area contributed by atoms with Gasteiger partial charge in [0, 0.05) is 19.0 Å². The molecule has 1 saturated carbocycles. The number of carbonyl (C=O) groups is 1. The van der Waals surface area contributed by atoms with Crippen molar-refractivity contribution in [3.63, 3.8) is 0 Å². The van der Waals surface area contributed by atoms with E-state index in [-0.39, 0.29) is 11.4 Å². The zero-order valence-electron chi connectivity index (χ0n) is 7.68. The van der Waals surface area contributed by atoms with E-state index in [0.29, 0.717) is 6.42 Å². The fourth-order valence-corrected chi connectivity index (χ4v) is 1.56. The first-order valence-corrected chi connectivity index (χ1v) is 4.37. The number of rotatable bonds is 2. The van der Waals surface area contributed by atoms with Crippen LogP contribution >= 0.6 is 0 Å². The molecule has 0 aromatic heterocycles. The first kappa shape index (κ1) is 8.57. The van der Waals surface area contributed by atoms with Crippen LogP contribution in [0.5, 0.6) is 0 Å². The van der Waals surface area contributed by atoms with Gasteiger partial charge in [-0.3, -0.25) is 4.79 Å². The number of carbonyl (C=O) groups excluding carboxylic acids is 1. The molecule has 1 fully saturated rings. The molecule has 11 heavy (non-hydrogen) atoms. The lowest BCUT2D eigenvalue weighted by atomic mass is 9.77. The molecule has 1 aliphatic carbocycles. The Morgan fingerprint density at radius 2 is 2.09 bits per heavy atom. The maximum absolute atomic E-state index is 11.3. The molecule has 2 heteroatoms. The maximum Gasteiger partial charge on any atom is 0.222 e. The van der Waals surface area contributed by atoms with E-state index in [2.05, 4.69) is 6.92 Å². The van der Waals surface area contributed by atoms with Gasteiger partial charge in [0.1, 0.15) is 0 Å². The second-order valence-corrected chi connectivity index (χ2v) is 3.66. The van der Waals surface area contributed by atoms with Crippen molar-refractivity contribution < 1.29 is 4.79 Å². The van der Waals surface area contributed by atoms with Gasteiger partial charge >= 0.3 is 0 Å². The van der Waals surface area contributed by atoms with Gasteiger partial charge in [0.05, 0.1) is 0 Å². The van der Waals surface area contributed by atoms with Gasteiger partial charge < -0.3 is 4.90 Å². The van der Waals surface area contributed by atoms with Crippen molar-refractivity contribution in [2.24, 2.45) is 0 Å². The highest BCUT2D eigenvalue weighted by Crippen LogP contribution is 2.36. The third kappa shape index (κ3) is 1.39. The van der Waals surface area contributed by atoms with Crippen molar-refractivity contribution >= 4 is 5.91 Å². The topological polar surface area (TPSA) is 20.3 Å². The van der Waals surface area contributed by atoms with E-state index in [1.165, 1.54) is 19.3 Å². The molecule has 0 aromatic rings. The normalized spacial score (nSPS) is 20.6. The Hall–Kier alpha value is -0.530. The van der Waals surface area contributed by atoms with Gasteiger partial charge in [-0.1, -0.05) is 6.92 Å². The molecule has 0 aliphatic heterocycles. The van der Waals surface area contributed by atoms with Crippen molar-refractivity contribution in [2.45, 2.75) is 45.1 Å². The minimum absolute atomic E-state index is 0.188. The van der Waals surface area contributed by atoms with Crippen molar-refractivity contribution in [3.05, 3.63) is 0 Å². The van der Waals surface area contributed by atoms with Gasteiger partial charge in [-0.25, -0.2) is 0 Å². The van der Waals surface area contributed by atoms with E-state index in [0.717, 1.165) is 0 Å². The van der Waals surface area contributed by atoms with Crippen LogP contribution in [0.15, 0.2) is 0 Å². The van der Waals surface area contributed by atoms with Gasteiger partial charge in [0.15, 0.2) is 0 Å². The molecule has 64 valence electrons. The summed E-state index contributed by atoms with van der Waals surface area (Å²) in [6.07, 6.45) is 4.26. The van der Waals surface area contributed by atoms with E-state index in [1.54, 1.807) is 0 Å². The molecule has 0 atom stereocenters. The monoisotopic (exact) mass is 155 g/mol. The second kappa shape index (κ2) is 2.84. The van der Waals surface area contributed by atoms with Crippen molar-refractivity contribution in [3.8, 4) is 0 Å². The molecule has 0 unspecified atom stereocenters. The fourth-order valence-electron chi connectivity index (χ4n) is 1.56. The lowest BCUT2D eigenvalue weighted by Crippen LogP contribution is -2.51. The van der Waals surface area contributed by atoms with E-state index >= 15 is 0 Å². The second-order valence-electron chi connectivity index (χ2n) is 3.66. The summed E-state index contributed by atoms with van der Waals surface area (Å²) in [6.45, 7) is 4.09.